The lowest BCUT2D eigenvalue weighted by molar-refractivity contribution is 0.714. The Hall–Kier alpha value is -7.10. The smallest absolute Gasteiger partial charge is 0.0689 e. The van der Waals surface area contributed by atoms with Crippen molar-refractivity contribution in [2.45, 2.75) is 31.1 Å². The van der Waals surface area contributed by atoms with Crippen LogP contribution in [0.2, 0.25) is 0 Å². The van der Waals surface area contributed by atoms with Gasteiger partial charge in [0, 0.05) is 45.8 Å². The molecule has 59 heavy (non-hydrogen) atoms. The molecule has 3 nitrogen and oxygen atoms in total. The highest BCUT2D eigenvalue weighted by Crippen LogP contribution is 2.65. The first kappa shape index (κ1) is 32.9. The van der Waals surface area contributed by atoms with Gasteiger partial charge in [0.2, 0.25) is 0 Å². The van der Waals surface area contributed by atoms with Gasteiger partial charge in [0.1, 0.15) is 0 Å². The maximum absolute atomic E-state index is 2.61. The summed E-state index contributed by atoms with van der Waals surface area (Å²) in [5.74, 6) is 0. The lowest BCUT2D eigenvalue weighted by atomic mass is 9.68. The molecule has 1 spiro atoms. The summed E-state index contributed by atoms with van der Waals surface area (Å²) in [7, 11) is 2.23. The summed E-state index contributed by atoms with van der Waals surface area (Å²) in [5.41, 5.74) is 22.0. The molecular formula is C56H41N3. The van der Waals surface area contributed by atoms with Crippen LogP contribution in [0.3, 0.4) is 0 Å². The number of hydrogen-bond acceptors (Lipinski definition) is 1. The Labute approximate surface area is 344 Å². The van der Waals surface area contributed by atoms with E-state index in [1.165, 1.54) is 106 Å². The number of aryl methyl sites for hydroxylation is 2. The molecule has 0 aliphatic heterocycles. The van der Waals surface area contributed by atoms with Gasteiger partial charge in [0.15, 0.2) is 0 Å². The summed E-state index contributed by atoms with van der Waals surface area (Å²) in [5, 5.41) is 3.84. The lowest BCUT2D eigenvalue weighted by Gasteiger charge is -2.34. The molecular weight excluding hydrogens is 715 g/mol. The van der Waals surface area contributed by atoms with E-state index in [1.807, 2.05) is 0 Å². The second kappa shape index (κ2) is 12.2. The third-order valence-corrected chi connectivity index (χ3v) is 13.9. The van der Waals surface area contributed by atoms with Crippen molar-refractivity contribution in [1.82, 2.24) is 9.13 Å². The predicted molar refractivity (Wildman–Crippen MR) is 246 cm³/mol. The second-order valence-corrected chi connectivity index (χ2v) is 16.6. The summed E-state index contributed by atoms with van der Waals surface area (Å²) < 4.78 is 4.82. The van der Waals surface area contributed by atoms with Crippen LogP contribution in [-0.4, -0.2) is 9.13 Å². The zero-order valence-corrected chi connectivity index (χ0v) is 33.0. The van der Waals surface area contributed by atoms with Crippen molar-refractivity contribution in [3.05, 3.63) is 215 Å². The fraction of sp³-hybridized carbons (Fsp3) is 0.107. The van der Waals surface area contributed by atoms with Crippen molar-refractivity contribution in [1.29, 1.82) is 0 Å². The minimum absolute atomic E-state index is 0.347. The average Bonchev–Trinajstić information content (AvgIpc) is 3.99. The third-order valence-electron chi connectivity index (χ3n) is 13.9. The number of fused-ring (bicyclic) bond motifs is 15. The first-order valence-corrected chi connectivity index (χ1v) is 21.1. The molecule has 4 aliphatic carbocycles. The van der Waals surface area contributed by atoms with Crippen LogP contribution in [0.4, 0.5) is 17.1 Å². The van der Waals surface area contributed by atoms with Gasteiger partial charge in [-0.15, -0.1) is 0 Å². The lowest BCUT2D eigenvalue weighted by Crippen LogP contribution is -2.27. The van der Waals surface area contributed by atoms with E-state index in [2.05, 4.69) is 203 Å². The first-order chi connectivity index (χ1) is 29.2. The molecule has 0 N–H and O–H groups in total. The monoisotopic (exact) mass is 755 g/mol. The number of anilines is 3. The van der Waals surface area contributed by atoms with Gasteiger partial charge < -0.3 is 14.0 Å². The minimum Gasteiger partial charge on any atom is -0.344 e. The SMILES string of the molecule is Cn1c2c(c3c(N(c4ccc5c(c4)c4ccccc4n5-c4ccccc4)c4cccc5c4-c4ccccc4C54C5=C(C=CCC5)c5ccccc54)cccc31)CCC=C2. The number of rotatable bonds is 4. The minimum atomic E-state index is -0.347. The van der Waals surface area contributed by atoms with Gasteiger partial charge in [0.05, 0.1) is 33.3 Å². The zero-order chi connectivity index (χ0) is 38.8. The van der Waals surface area contributed by atoms with E-state index in [0.29, 0.717) is 0 Å². The van der Waals surface area contributed by atoms with Gasteiger partial charge in [-0.1, -0.05) is 121 Å². The fourth-order valence-corrected chi connectivity index (χ4v) is 11.6. The highest BCUT2D eigenvalue weighted by Gasteiger charge is 2.53. The number of nitrogens with zero attached hydrogens (tertiary/aromatic N) is 3. The molecule has 3 heteroatoms. The van der Waals surface area contributed by atoms with E-state index in [4.69, 9.17) is 0 Å². The Morgan fingerprint density at radius 1 is 0.542 bits per heavy atom. The molecule has 2 aromatic heterocycles. The van der Waals surface area contributed by atoms with E-state index in [1.54, 1.807) is 0 Å². The quantitative estimate of drug-likeness (QED) is 0.174. The summed E-state index contributed by atoms with van der Waals surface area (Å²) in [6.07, 6.45) is 13.6. The molecule has 0 amide bonds. The molecule has 7 aromatic carbocycles. The van der Waals surface area contributed by atoms with Crippen LogP contribution in [-0.2, 0) is 18.9 Å². The van der Waals surface area contributed by atoms with Crippen molar-refractivity contribution < 1.29 is 0 Å². The van der Waals surface area contributed by atoms with E-state index in [9.17, 15) is 0 Å². The van der Waals surface area contributed by atoms with Crippen LogP contribution >= 0.6 is 0 Å². The Morgan fingerprint density at radius 3 is 2.12 bits per heavy atom. The van der Waals surface area contributed by atoms with Gasteiger partial charge in [-0.25, -0.2) is 0 Å². The standard InChI is InChI=1S/C56H41N3/c1-57-48-28-13-9-23-42(48)55-51(57)30-16-32-53(55)59(37-33-34-50-43(35-37)40-21-8-14-29-49(40)58(50)36-17-3-2-4-18-36)52-31-15-27-47-54(52)41-22-7-12-26-46(41)56(47)44-24-10-5-19-38(44)39-20-6-11-25-45(39)56/h2-8,10,12-22,24,26-35H,9,11,23,25H2,1H3. The molecule has 0 saturated carbocycles. The first-order valence-electron chi connectivity index (χ1n) is 21.1. The second-order valence-electron chi connectivity index (χ2n) is 16.6. The van der Waals surface area contributed by atoms with Crippen molar-refractivity contribution >= 4 is 61.4 Å². The molecule has 1 atom stereocenters. The zero-order valence-electron chi connectivity index (χ0n) is 33.0. The Morgan fingerprint density at radius 2 is 1.22 bits per heavy atom. The highest BCUT2D eigenvalue weighted by atomic mass is 15.2. The predicted octanol–water partition coefficient (Wildman–Crippen LogP) is 14.1. The van der Waals surface area contributed by atoms with E-state index < -0.39 is 0 Å². The van der Waals surface area contributed by atoms with Crippen molar-refractivity contribution in [3.63, 3.8) is 0 Å². The molecule has 0 radical (unpaired) electrons. The van der Waals surface area contributed by atoms with Crippen LogP contribution in [0.1, 0.15) is 52.8 Å². The van der Waals surface area contributed by atoms with Crippen LogP contribution in [0.15, 0.2) is 182 Å². The highest BCUT2D eigenvalue weighted by molar-refractivity contribution is 6.12. The number of para-hydroxylation sites is 2. The number of allylic oxidation sites excluding steroid dienone is 5. The summed E-state index contributed by atoms with van der Waals surface area (Å²) in [4.78, 5) is 2.61. The summed E-state index contributed by atoms with van der Waals surface area (Å²) in [6.45, 7) is 0. The largest absolute Gasteiger partial charge is 0.344 e. The average molecular weight is 756 g/mol. The number of aromatic nitrogens is 2. The summed E-state index contributed by atoms with van der Waals surface area (Å²) >= 11 is 0. The Balaban J connectivity index is 1.15. The van der Waals surface area contributed by atoms with Crippen LogP contribution in [0.5, 0.6) is 0 Å². The molecule has 0 saturated heterocycles. The van der Waals surface area contributed by atoms with Gasteiger partial charge >= 0.3 is 0 Å². The Kier molecular flexibility index (Phi) is 6.81. The fourth-order valence-electron chi connectivity index (χ4n) is 11.6. The van der Waals surface area contributed by atoms with Gasteiger partial charge in [-0.05, 0) is 131 Å². The molecule has 1 unspecified atom stereocenters. The maximum Gasteiger partial charge on any atom is 0.0689 e. The van der Waals surface area contributed by atoms with Crippen molar-refractivity contribution in [2.24, 2.45) is 7.05 Å². The topological polar surface area (TPSA) is 13.1 Å². The van der Waals surface area contributed by atoms with Crippen molar-refractivity contribution in [3.8, 4) is 16.8 Å². The van der Waals surface area contributed by atoms with Crippen LogP contribution in [0, 0.1) is 0 Å². The third kappa shape index (κ3) is 4.27. The van der Waals surface area contributed by atoms with E-state index in [0.717, 1.165) is 31.4 Å². The molecule has 2 heterocycles. The summed E-state index contributed by atoms with van der Waals surface area (Å²) in [6, 6.07) is 59.4. The molecule has 9 aromatic rings. The Bertz CT molecular complexity index is 3350. The van der Waals surface area contributed by atoms with Crippen LogP contribution in [0.25, 0.3) is 61.2 Å². The molecule has 4 aliphatic rings. The van der Waals surface area contributed by atoms with E-state index >= 15 is 0 Å². The van der Waals surface area contributed by atoms with Gasteiger partial charge in [-0.3, -0.25) is 0 Å². The number of hydrogen-bond donors (Lipinski definition) is 0. The van der Waals surface area contributed by atoms with Crippen molar-refractivity contribution in [2.75, 3.05) is 4.90 Å². The molecule has 280 valence electrons. The van der Waals surface area contributed by atoms with E-state index in [-0.39, 0.29) is 5.41 Å². The van der Waals surface area contributed by atoms with Gasteiger partial charge in [0.25, 0.3) is 0 Å². The van der Waals surface area contributed by atoms with Gasteiger partial charge in [-0.2, -0.15) is 0 Å². The van der Waals surface area contributed by atoms with Crippen LogP contribution < -0.4 is 4.90 Å². The molecule has 13 rings (SSSR count). The maximum atomic E-state index is 2.61. The normalized spacial score (nSPS) is 17.2. The molecule has 0 fully saturated rings. The molecule has 0 bridgehead atoms. The number of benzene rings is 7.